The second kappa shape index (κ2) is 6.44. The molecular weight excluding hydrogens is 294 g/mol. The Morgan fingerprint density at radius 2 is 1.74 bits per heavy atom. The molecule has 0 amide bonds. The van der Waals surface area contributed by atoms with Crippen molar-refractivity contribution in [2.75, 3.05) is 0 Å². The van der Waals surface area contributed by atoms with Crippen LogP contribution in [0.5, 0.6) is 5.75 Å². The minimum absolute atomic E-state index is 0.114. The largest absolute Gasteiger partial charge is 0.507 e. The lowest BCUT2D eigenvalue weighted by atomic mass is 9.97. The van der Waals surface area contributed by atoms with Crippen molar-refractivity contribution in [3.63, 3.8) is 0 Å². The minimum atomic E-state index is -0.550. The van der Waals surface area contributed by atoms with Gasteiger partial charge >= 0.3 is 0 Å². The molecule has 0 heterocycles. The van der Waals surface area contributed by atoms with Crippen LogP contribution in [0, 0.1) is 30.9 Å². The molecule has 0 aliphatic rings. The van der Waals surface area contributed by atoms with Crippen LogP contribution in [0.2, 0.25) is 0 Å². The van der Waals surface area contributed by atoms with E-state index in [0.29, 0.717) is 5.56 Å². The SMILES string of the molecule is Cc1cc(C)c(C(=O)/C=C/c2cc([N+](=O)[O-])ccc2O)cc1C. The number of aryl methyl sites for hydroxylation is 3. The zero-order valence-electron chi connectivity index (χ0n) is 13.2. The molecule has 0 aliphatic heterocycles. The molecule has 0 saturated carbocycles. The number of non-ortho nitro benzene ring substituents is 1. The van der Waals surface area contributed by atoms with Crippen LogP contribution in [-0.4, -0.2) is 15.8 Å². The van der Waals surface area contributed by atoms with Crippen molar-refractivity contribution in [2.45, 2.75) is 20.8 Å². The first-order valence-corrected chi connectivity index (χ1v) is 7.07. The Labute approximate surface area is 134 Å². The van der Waals surface area contributed by atoms with Gasteiger partial charge in [0.25, 0.3) is 5.69 Å². The van der Waals surface area contributed by atoms with Crippen molar-refractivity contribution in [3.05, 3.63) is 74.3 Å². The fourth-order valence-corrected chi connectivity index (χ4v) is 2.27. The van der Waals surface area contributed by atoms with Crippen molar-refractivity contribution in [2.24, 2.45) is 0 Å². The van der Waals surface area contributed by atoms with E-state index < -0.39 is 4.92 Å². The Bertz CT molecular complexity index is 822. The van der Waals surface area contributed by atoms with E-state index >= 15 is 0 Å². The average Bonchev–Trinajstić information content (AvgIpc) is 2.49. The minimum Gasteiger partial charge on any atom is -0.507 e. The van der Waals surface area contributed by atoms with Gasteiger partial charge in [0.05, 0.1) is 4.92 Å². The predicted molar refractivity (Wildman–Crippen MR) is 88.8 cm³/mol. The summed E-state index contributed by atoms with van der Waals surface area (Å²) in [7, 11) is 0. The van der Waals surface area contributed by atoms with Crippen molar-refractivity contribution in [3.8, 4) is 5.75 Å². The molecule has 0 saturated heterocycles. The summed E-state index contributed by atoms with van der Waals surface area (Å²) >= 11 is 0. The Morgan fingerprint density at radius 3 is 2.39 bits per heavy atom. The highest BCUT2D eigenvalue weighted by Gasteiger charge is 2.11. The maximum Gasteiger partial charge on any atom is 0.270 e. The van der Waals surface area contributed by atoms with Gasteiger partial charge in [-0.15, -0.1) is 0 Å². The van der Waals surface area contributed by atoms with Gasteiger partial charge in [0.1, 0.15) is 5.75 Å². The molecule has 0 bridgehead atoms. The number of hydrogen-bond acceptors (Lipinski definition) is 4. The zero-order chi connectivity index (χ0) is 17.1. The molecule has 5 heteroatoms. The molecule has 0 aliphatic carbocycles. The molecule has 0 aromatic heterocycles. The van der Waals surface area contributed by atoms with Crippen molar-refractivity contribution < 1.29 is 14.8 Å². The topological polar surface area (TPSA) is 80.4 Å². The van der Waals surface area contributed by atoms with E-state index in [-0.39, 0.29) is 22.8 Å². The molecule has 5 nitrogen and oxygen atoms in total. The van der Waals surface area contributed by atoms with Gasteiger partial charge in [0.2, 0.25) is 0 Å². The van der Waals surface area contributed by atoms with E-state index in [0.717, 1.165) is 16.7 Å². The van der Waals surface area contributed by atoms with Gasteiger partial charge in [-0.2, -0.15) is 0 Å². The Balaban J connectivity index is 2.34. The third-order valence-corrected chi connectivity index (χ3v) is 3.74. The summed E-state index contributed by atoms with van der Waals surface area (Å²) in [6, 6.07) is 7.45. The lowest BCUT2D eigenvalue weighted by Gasteiger charge is -2.07. The van der Waals surface area contributed by atoms with Crippen LogP contribution in [0.1, 0.15) is 32.6 Å². The third kappa shape index (κ3) is 3.63. The van der Waals surface area contributed by atoms with Gasteiger partial charge in [0.15, 0.2) is 5.78 Å². The van der Waals surface area contributed by atoms with Gasteiger partial charge in [-0.3, -0.25) is 14.9 Å². The van der Waals surface area contributed by atoms with Crippen LogP contribution in [0.15, 0.2) is 36.4 Å². The second-order valence-electron chi connectivity index (χ2n) is 5.45. The fourth-order valence-electron chi connectivity index (χ4n) is 2.27. The monoisotopic (exact) mass is 311 g/mol. The van der Waals surface area contributed by atoms with E-state index in [1.807, 2.05) is 32.9 Å². The first-order chi connectivity index (χ1) is 10.8. The smallest absolute Gasteiger partial charge is 0.270 e. The molecule has 2 rings (SSSR count). The average molecular weight is 311 g/mol. The van der Waals surface area contributed by atoms with Gasteiger partial charge in [-0.1, -0.05) is 6.07 Å². The lowest BCUT2D eigenvalue weighted by Crippen LogP contribution is -2.00. The summed E-state index contributed by atoms with van der Waals surface area (Å²) in [5.74, 6) is -0.326. The third-order valence-electron chi connectivity index (χ3n) is 3.74. The van der Waals surface area contributed by atoms with Crippen molar-refractivity contribution in [1.82, 2.24) is 0 Å². The highest BCUT2D eigenvalue weighted by molar-refractivity contribution is 6.08. The highest BCUT2D eigenvalue weighted by Crippen LogP contribution is 2.24. The summed E-state index contributed by atoms with van der Waals surface area (Å²) in [6.45, 7) is 5.77. The first kappa shape index (κ1) is 16.4. The number of phenols is 1. The molecule has 1 N–H and O–H groups in total. The second-order valence-corrected chi connectivity index (χ2v) is 5.45. The van der Waals surface area contributed by atoms with E-state index in [2.05, 4.69) is 0 Å². The quantitative estimate of drug-likeness (QED) is 0.398. The normalized spacial score (nSPS) is 10.9. The maximum absolute atomic E-state index is 12.3. The van der Waals surface area contributed by atoms with Crippen LogP contribution in [0.4, 0.5) is 5.69 Å². The number of aromatic hydroxyl groups is 1. The molecule has 23 heavy (non-hydrogen) atoms. The van der Waals surface area contributed by atoms with Crippen LogP contribution in [-0.2, 0) is 0 Å². The van der Waals surface area contributed by atoms with E-state index in [1.165, 1.54) is 30.4 Å². The molecule has 0 unspecified atom stereocenters. The van der Waals surface area contributed by atoms with Gasteiger partial charge in [-0.25, -0.2) is 0 Å². The summed E-state index contributed by atoms with van der Waals surface area (Å²) in [4.78, 5) is 22.6. The van der Waals surface area contributed by atoms with E-state index in [1.54, 1.807) is 0 Å². The lowest BCUT2D eigenvalue weighted by molar-refractivity contribution is -0.384. The van der Waals surface area contributed by atoms with Gasteiger partial charge in [-0.05, 0) is 61.7 Å². The summed E-state index contributed by atoms with van der Waals surface area (Å²) in [5.41, 5.74) is 3.66. The number of rotatable bonds is 4. The molecule has 0 fully saturated rings. The van der Waals surface area contributed by atoms with Crippen LogP contribution in [0.3, 0.4) is 0 Å². The molecule has 118 valence electrons. The van der Waals surface area contributed by atoms with Crippen molar-refractivity contribution in [1.29, 1.82) is 0 Å². The molecular formula is C18H17NO4. The number of benzene rings is 2. The Morgan fingerprint density at radius 1 is 1.09 bits per heavy atom. The molecule has 2 aromatic rings. The van der Waals surface area contributed by atoms with Crippen LogP contribution >= 0.6 is 0 Å². The summed E-state index contributed by atoms with van der Waals surface area (Å²) in [6.07, 6.45) is 2.70. The van der Waals surface area contributed by atoms with Crippen LogP contribution in [0.25, 0.3) is 6.08 Å². The van der Waals surface area contributed by atoms with Crippen molar-refractivity contribution >= 4 is 17.5 Å². The van der Waals surface area contributed by atoms with E-state index in [9.17, 15) is 20.0 Å². The van der Waals surface area contributed by atoms with E-state index in [4.69, 9.17) is 0 Å². The number of hydrogen-bond donors (Lipinski definition) is 1. The number of nitrogens with zero attached hydrogens (tertiary/aromatic N) is 1. The molecule has 2 aromatic carbocycles. The van der Waals surface area contributed by atoms with Crippen LogP contribution < -0.4 is 0 Å². The first-order valence-electron chi connectivity index (χ1n) is 7.07. The zero-order valence-corrected chi connectivity index (χ0v) is 13.2. The summed E-state index contributed by atoms with van der Waals surface area (Å²) < 4.78 is 0. The molecule has 0 radical (unpaired) electrons. The number of phenolic OH excluding ortho intramolecular Hbond substituents is 1. The highest BCUT2D eigenvalue weighted by atomic mass is 16.6. The molecule has 0 spiro atoms. The van der Waals surface area contributed by atoms with Gasteiger partial charge in [0, 0.05) is 23.3 Å². The maximum atomic E-state index is 12.3. The summed E-state index contributed by atoms with van der Waals surface area (Å²) in [5, 5.41) is 20.5. The number of allylic oxidation sites excluding steroid dienone is 1. The number of carbonyl (C=O) groups excluding carboxylic acids is 1. The van der Waals surface area contributed by atoms with Gasteiger partial charge < -0.3 is 5.11 Å². The standard InChI is InChI=1S/C18H17NO4/c1-11-8-13(3)16(9-12(11)2)18(21)6-4-14-10-15(19(22)23)5-7-17(14)20/h4-10,20H,1-3H3/b6-4+. The molecule has 0 atom stereocenters. The Hall–Kier alpha value is -2.95. The fraction of sp³-hybridized carbons (Fsp3) is 0.167. The number of ketones is 1. The number of carbonyl (C=O) groups is 1. The predicted octanol–water partition coefficient (Wildman–Crippen LogP) is 4.12. The number of nitro groups is 1. The Kier molecular flexibility index (Phi) is 4.60. The number of nitro benzene ring substituents is 1.